The monoisotopic (exact) mass is 369 g/mol. The molecule has 0 saturated carbocycles. The Kier molecular flexibility index (Phi) is 4.37. The van der Waals surface area contributed by atoms with E-state index in [2.05, 4.69) is 64.7 Å². The predicted octanol–water partition coefficient (Wildman–Crippen LogP) is 3.60. The molecule has 2 aromatic rings. The Labute approximate surface area is 133 Å². The zero-order chi connectivity index (χ0) is 15.8. The SMILES string of the molecule is CC(C)(C)[Si](C)(C)OCc1nc2cc(Br)cnc2c(=O)[nH]1. The van der Waals surface area contributed by atoms with Gasteiger partial charge in [-0.25, -0.2) is 9.97 Å². The van der Waals surface area contributed by atoms with Crippen LogP contribution >= 0.6 is 15.9 Å². The summed E-state index contributed by atoms with van der Waals surface area (Å²) in [6.45, 7) is 11.2. The summed E-state index contributed by atoms with van der Waals surface area (Å²) in [6.07, 6.45) is 1.59. The molecule has 0 atom stereocenters. The van der Waals surface area contributed by atoms with Crippen LogP contribution in [0.25, 0.3) is 11.0 Å². The van der Waals surface area contributed by atoms with E-state index in [0.29, 0.717) is 23.5 Å². The van der Waals surface area contributed by atoms with Gasteiger partial charge in [-0.1, -0.05) is 20.8 Å². The van der Waals surface area contributed by atoms with Crippen LogP contribution in [0.2, 0.25) is 18.1 Å². The molecular weight excluding hydrogens is 350 g/mol. The first kappa shape index (κ1) is 16.3. The molecule has 21 heavy (non-hydrogen) atoms. The van der Waals surface area contributed by atoms with Crippen molar-refractivity contribution < 1.29 is 4.43 Å². The standard InChI is InChI=1S/C14H20BrN3O2Si/c1-14(2,3)21(4,5)20-8-11-17-10-6-9(15)7-16-12(10)13(19)18-11/h6-7H,8H2,1-5H3,(H,17,18,19). The third-order valence-electron chi connectivity index (χ3n) is 3.94. The first-order valence-electron chi connectivity index (χ1n) is 6.78. The van der Waals surface area contributed by atoms with E-state index in [-0.39, 0.29) is 10.6 Å². The molecule has 0 bridgehead atoms. The van der Waals surface area contributed by atoms with E-state index in [1.54, 1.807) is 12.3 Å². The van der Waals surface area contributed by atoms with Gasteiger partial charge in [0.25, 0.3) is 5.56 Å². The Bertz CT molecular complexity index is 722. The Morgan fingerprint density at radius 3 is 2.67 bits per heavy atom. The molecule has 1 N–H and O–H groups in total. The van der Waals surface area contributed by atoms with Gasteiger partial charge in [0.15, 0.2) is 13.8 Å². The highest BCUT2D eigenvalue weighted by Crippen LogP contribution is 2.36. The molecule has 114 valence electrons. The number of hydrogen-bond acceptors (Lipinski definition) is 4. The molecule has 5 nitrogen and oxygen atoms in total. The fourth-order valence-electron chi connectivity index (χ4n) is 1.59. The van der Waals surface area contributed by atoms with Gasteiger partial charge in [0, 0.05) is 10.7 Å². The second kappa shape index (κ2) is 5.62. The van der Waals surface area contributed by atoms with Crippen LogP contribution in [0.1, 0.15) is 26.6 Å². The first-order valence-corrected chi connectivity index (χ1v) is 10.5. The lowest BCUT2D eigenvalue weighted by Crippen LogP contribution is -2.40. The van der Waals surface area contributed by atoms with Crippen LogP contribution in [0.5, 0.6) is 0 Å². The Morgan fingerprint density at radius 2 is 2.05 bits per heavy atom. The van der Waals surface area contributed by atoms with Gasteiger partial charge in [0.1, 0.15) is 5.82 Å². The van der Waals surface area contributed by atoms with E-state index in [1.807, 2.05) is 0 Å². The number of nitrogens with zero attached hydrogens (tertiary/aromatic N) is 2. The van der Waals surface area contributed by atoms with E-state index in [9.17, 15) is 4.79 Å². The molecular formula is C14H20BrN3O2Si. The molecule has 0 amide bonds. The van der Waals surface area contributed by atoms with Gasteiger partial charge in [0.2, 0.25) is 0 Å². The van der Waals surface area contributed by atoms with Gasteiger partial charge in [0.05, 0.1) is 12.1 Å². The van der Waals surface area contributed by atoms with E-state index in [0.717, 1.165) is 4.47 Å². The molecule has 0 radical (unpaired) electrons. The summed E-state index contributed by atoms with van der Waals surface area (Å²) in [4.78, 5) is 23.3. The fraction of sp³-hybridized carbons (Fsp3) is 0.500. The number of hydrogen-bond donors (Lipinski definition) is 1. The Balaban J connectivity index is 2.30. The number of aromatic amines is 1. The normalized spacial score (nSPS) is 12.9. The fourth-order valence-corrected chi connectivity index (χ4v) is 2.84. The minimum absolute atomic E-state index is 0.120. The first-order chi connectivity index (χ1) is 9.60. The van der Waals surface area contributed by atoms with Crippen LogP contribution in [-0.4, -0.2) is 23.3 Å². The summed E-state index contributed by atoms with van der Waals surface area (Å²) in [5.74, 6) is 0.539. The second-order valence-corrected chi connectivity index (χ2v) is 12.3. The van der Waals surface area contributed by atoms with Crippen LogP contribution in [0.3, 0.4) is 0 Å². The molecule has 0 spiro atoms. The molecule has 2 aromatic heterocycles. The topological polar surface area (TPSA) is 67.9 Å². The zero-order valence-electron chi connectivity index (χ0n) is 13.0. The van der Waals surface area contributed by atoms with E-state index in [4.69, 9.17) is 4.43 Å². The number of rotatable bonds is 3. The molecule has 0 fully saturated rings. The summed E-state index contributed by atoms with van der Waals surface area (Å²) in [7, 11) is -1.87. The van der Waals surface area contributed by atoms with Crippen LogP contribution in [0.4, 0.5) is 0 Å². The number of halogens is 1. The Morgan fingerprint density at radius 1 is 1.38 bits per heavy atom. The van der Waals surface area contributed by atoms with E-state index in [1.165, 1.54) is 0 Å². The zero-order valence-corrected chi connectivity index (χ0v) is 15.5. The molecule has 0 aliphatic carbocycles. The maximum Gasteiger partial charge on any atom is 0.277 e. The van der Waals surface area contributed by atoms with Crippen molar-refractivity contribution in [2.75, 3.05) is 0 Å². The van der Waals surface area contributed by atoms with Crippen molar-refractivity contribution in [1.82, 2.24) is 15.0 Å². The van der Waals surface area contributed by atoms with Crippen LogP contribution < -0.4 is 5.56 Å². The van der Waals surface area contributed by atoms with Gasteiger partial charge in [-0.3, -0.25) is 4.79 Å². The maximum absolute atomic E-state index is 12.0. The molecule has 0 aliphatic rings. The number of nitrogens with one attached hydrogen (secondary N) is 1. The highest BCUT2D eigenvalue weighted by atomic mass is 79.9. The summed E-state index contributed by atoms with van der Waals surface area (Å²) in [6, 6.07) is 1.79. The van der Waals surface area contributed by atoms with Crippen molar-refractivity contribution in [1.29, 1.82) is 0 Å². The van der Waals surface area contributed by atoms with Crippen molar-refractivity contribution in [3.05, 3.63) is 32.9 Å². The molecule has 0 saturated heterocycles. The summed E-state index contributed by atoms with van der Waals surface area (Å²) < 4.78 is 6.88. The average molecular weight is 370 g/mol. The van der Waals surface area contributed by atoms with Crippen molar-refractivity contribution in [3.63, 3.8) is 0 Å². The summed E-state index contributed by atoms with van der Waals surface area (Å²) in [5.41, 5.74) is 0.678. The highest BCUT2D eigenvalue weighted by Gasteiger charge is 2.37. The Hall–Kier alpha value is -1.05. The molecule has 0 aliphatic heterocycles. The quantitative estimate of drug-likeness (QED) is 0.839. The summed E-state index contributed by atoms with van der Waals surface area (Å²) in [5, 5.41) is 0.120. The van der Waals surface area contributed by atoms with Crippen LogP contribution in [0.15, 0.2) is 21.5 Å². The third-order valence-corrected chi connectivity index (χ3v) is 8.85. The molecule has 0 aromatic carbocycles. The van der Waals surface area contributed by atoms with Crippen LogP contribution in [0, 0.1) is 0 Å². The third kappa shape index (κ3) is 3.59. The van der Waals surface area contributed by atoms with E-state index >= 15 is 0 Å². The molecule has 2 heterocycles. The summed E-state index contributed by atoms with van der Waals surface area (Å²) >= 11 is 3.34. The average Bonchev–Trinajstić information content (AvgIpc) is 2.34. The maximum atomic E-state index is 12.0. The van der Waals surface area contributed by atoms with Gasteiger partial charge < -0.3 is 9.41 Å². The van der Waals surface area contributed by atoms with Crippen molar-refractivity contribution in [3.8, 4) is 0 Å². The lowest BCUT2D eigenvalue weighted by atomic mass is 10.2. The van der Waals surface area contributed by atoms with Crippen molar-refractivity contribution in [2.24, 2.45) is 0 Å². The largest absolute Gasteiger partial charge is 0.409 e. The lowest BCUT2D eigenvalue weighted by Gasteiger charge is -2.35. The highest BCUT2D eigenvalue weighted by molar-refractivity contribution is 9.10. The minimum Gasteiger partial charge on any atom is -0.409 e. The number of fused-ring (bicyclic) bond motifs is 1. The van der Waals surface area contributed by atoms with Gasteiger partial charge in [-0.05, 0) is 40.1 Å². The second-order valence-electron chi connectivity index (χ2n) is 6.58. The van der Waals surface area contributed by atoms with Gasteiger partial charge in [-0.2, -0.15) is 0 Å². The van der Waals surface area contributed by atoms with Gasteiger partial charge >= 0.3 is 0 Å². The van der Waals surface area contributed by atoms with Crippen LogP contribution in [-0.2, 0) is 11.0 Å². The van der Waals surface area contributed by atoms with Crippen molar-refractivity contribution in [2.45, 2.75) is 45.5 Å². The van der Waals surface area contributed by atoms with Gasteiger partial charge in [-0.15, -0.1) is 0 Å². The van der Waals surface area contributed by atoms with E-state index < -0.39 is 8.32 Å². The number of H-pyrrole nitrogens is 1. The van der Waals surface area contributed by atoms with Crippen molar-refractivity contribution >= 4 is 35.3 Å². The number of pyridine rings is 1. The minimum atomic E-state index is -1.87. The molecule has 0 unspecified atom stereocenters. The molecule has 7 heteroatoms. The lowest BCUT2D eigenvalue weighted by molar-refractivity contribution is 0.267. The predicted molar refractivity (Wildman–Crippen MR) is 89.8 cm³/mol. The number of aromatic nitrogens is 3. The molecule has 2 rings (SSSR count). The smallest absolute Gasteiger partial charge is 0.277 e.